The van der Waals surface area contributed by atoms with Crippen LogP contribution in [0.25, 0.3) is 0 Å². The van der Waals surface area contributed by atoms with E-state index in [0.29, 0.717) is 11.3 Å². The topological polar surface area (TPSA) is 88.0 Å². The van der Waals surface area contributed by atoms with Crippen LogP contribution in [0.4, 0.5) is 10.1 Å². The van der Waals surface area contributed by atoms with E-state index in [4.69, 9.17) is 5.73 Å². The monoisotopic (exact) mass is 283 g/mol. The van der Waals surface area contributed by atoms with Gasteiger partial charge in [0.1, 0.15) is 10.7 Å². The highest BCUT2D eigenvalue weighted by Crippen LogP contribution is 2.20. The highest BCUT2D eigenvalue weighted by atomic mass is 32.2. The zero-order valence-electron chi connectivity index (χ0n) is 10.3. The van der Waals surface area contributed by atoms with Crippen LogP contribution in [0.15, 0.2) is 35.4 Å². The maximum absolute atomic E-state index is 13.6. The predicted octanol–water partition coefficient (Wildman–Crippen LogP) is 1.72. The lowest BCUT2D eigenvalue weighted by Crippen LogP contribution is -2.13. The number of sulfonamides is 1. The number of hydrogen-bond acceptors (Lipinski definition) is 3. The summed E-state index contributed by atoms with van der Waals surface area (Å²) in [5, 5.41) is 0. The molecule has 0 amide bonds. The molecule has 0 spiro atoms. The number of nitrogens with one attached hydrogen (secondary N) is 2. The molecule has 0 aliphatic carbocycles. The lowest BCUT2D eigenvalue weighted by molar-refractivity contribution is 0.598. The minimum Gasteiger partial charge on any atom is -0.363 e. The molecule has 2 rings (SSSR count). The SMILES string of the molecule is Cc1ccc(NS(=O)(=O)c2c[nH]c(CN)c2)c(F)c1. The number of aromatic nitrogens is 1. The maximum Gasteiger partial charge on any atom is 0.263 e. The molecule has 0 radical (unpaired) electrons. The van der Waals surface area contributed by atoms with Crippen LogP contribution in [0.2, 0.25) is 0 Å². The van der Waals surface area contributed by atoms with Crippen molar-refractivity contribution in [2.45, 2.75) is 18.4 Å². The van der Waals surface area contributed by atoms with Crippen molar-refractivity contribution in [2.24, 2.45) is 5.73 Å². The van der Waals surface area contributed by atoms with Gasteiger partial charge in [0.05, 0.1) is 5.69 Å². The first-order chi connectivity index (χ1) is 8.92. The molecule has 0 fully saturated rings. The zero-order chi connectivity index (χ0) is 14.0. The first kappa shape index (κ1) is 13.6. The summed E-state index contributed by atoms with van der Waals surface area (Å²) in [7, 11) is -3.81. The first-order valence-corrected chi connectivity index (χ1v) is 7.07. The molecule has 5 nitrogen and oxygen atoms in total. The van der Waals surface area contributed by atoms with Gasteiger partial charge in [0.25, 0.3) is 10.0 Å². The van der Waals surface area contributed by atoms with Crippen LogP contribution in [0.5, 0.6) is 0 Å². The lowest BCUT2D eigenvalue weighted by Gasteiger charge is -2.07. The molecule has 0 unspecified atom stereocenters. The average Bonchev–Trinajstić information content (AvgIpc) is 2.82. The molecule has 0 bridgehead atoms. The maximum atomic E-state index is 13.6. The minimum atomic E-state index is -3.81. The van der Waals surface area contributed by atoms with Crippen LogP contribution in [0, 0.1) is 12.7 Å². The van der Waals surface area contributed by atoms with Crippen LogP contribution < -0.4 is 10.5 Å². The Balaban J connectivity index is 2.30. The number of H-pyrrole nitrogens is 1. The van der Waals surface area contributed by atoms with Gasteiger partial charge in [0.2, 0.25) is 0 Å². The average molecular weight is 283 g/mol. The van der Waals surface area contributed by atoms with Crippen molar-refractivity contribution in [1.82, 2.24) is 4.98 Å². The smallest absolute Gasteiger partial charge is 0.263 e. The minimum absolute atomic E-state index is 0.0212. The van der Waals surface area contributed by atoms with Crippen LogP contribution in [-0.2, 0) is 16.6 Å². The number of halogens is 1. The third-order valence-corrected chi connectivity index (χ3v) is 3.96. The standard InChI is InChI=1S/C12H14FN3O2S/c1-8-2-3-12(11(13)4-8)16-19(17,18)10-5-9(6-14)15-7-10/h2-5,7,15-16H,6,14H2,1H3. The van der Waals surface area contributed by atoms with E-state index in [2.05, 4.69) is 9.71 Å². The molecular formula is C12H14FN3O2S. The predicted molar refractivity (Wildman–Crippen MR) is 70.6 cm³/mol. The molecule has 0 aliphatic heterocycles. The largest absolute Gasteiger partial charge is 0.363 e. The summed E-state index contributed by atoms with van der Waals surface area (Å²) >= 11 is 0. The molecule has 102 valence electrons. The highest BCUT2D eigenvalue weighted by Gasteiger charge is 2.17. The van der Waals surface area contributed by atoms with Gasteiger partial charge in [-0.2, -0.15) is 0 Å². The first-order valence-electron chi connectivity index (χ1n) is 5.59. The molecule has 0 aliphatic rings. The van der Waals surface area contributed by atoms with Gasteiger partial charge in [-0.1, -0.05) is 6.07 Å². The van der Waals surface area contributed by atoms with E-state index in [1.54, 1.807) is 13.0 Å². The molecule has 0 atom stereocenters. The van der Waals surface area contributed by atoms with Gasteiger partial charge in [-0.3, -0.25) is 4.72 Å². The Bertz CT molecular complexity index is 695. The van der Waals surface area contributed by atoms with Gasteiger partial charge in [-0.25, -0.2) is 12.8 Å². The van der Waals surface area contributed by atoms with Crippen LogP contribution >= 0.6 is 0 Å². The summed E-state index contributed by atoms with van der Waals surface area (Å²) in [5.74, 6) is -0.613. The number of benzene rings is 1. The molecule has 0 saturated heterocycles. The van der Waals surface area contributed by atoms with E-state index < -0.39 is 15.8 Å². The van der Waals surface area contributed by atoms with Crippen LogP contribution in [0.3, 0.4) is 0 Å². The second-order valence-electron chi connectivity index (χ2n) is 4.15. The quantitative estimate of drug-likeness (QED) is 0.798. The summed E-state index contributed by atoms with van der Waals surface area (Å²) in [4.78, 5) is 2.75. The van der Waals surface area contributed by atoms with Gasteiger partial charge in [-0.15, -0.1) is 0 Å². The summed E-state index contributed by atoms with van der Waals surface area (Å²) < 4.78 is 39.9. The number of aromatic amines is 1. The molecule has 1 aromatic heterocycles. The number of nitrogens with two attached hydrogens (primary N) is 1. The Hall–Kier alpha value is -1.86. The summed E-state index contributed by atoms with van der Waals surface area (Å²) in [6, 6.07) is 5.69. The zero-order valence-corrected chi connectivity index (χ0v) is 11.1. The fourth-order valence-electron chi connectivity index (χ4n) is 1.60. The van der Waals surface area contributed by atoms with E-state index in [-0.39, 0.29) is 17.1 Å². The van der Waals surface area contributed by atoms with Crippen molar-refractivity contribution < 1.29 is 12.8 Å². The molecule has 1 aromatic carbocycles. The van der Waals surface area contributed by atoms with Crippen molar-refractivity contribution in [1.29, 1.82) is 0 Å². The molecule has 2 aromatic rings. The number of anilines is 1. The van der Waals surface area contributed by atoms with Crippen molar-refractivity contribution in [2.75, 3.05) is 4.72 Å². The summed E-state index contributed by atoms with van der Waals surface area (Å²) in [6.07, 6.45) is 1.32. The van der Waals surface area contributed by atoms with Crippen LogP contribution in [-0.4, -0.2) is 13.4 Å². The van der Waals surface area contributed by atoms with Crippen molar-refractivity contribution in [3.05, 3.63) is 47.5 Å². The van der Waals surface area contributed by atoms with Gasteiger partial charge < -0.3 is 10.7 Å². The molecule has 4 N–H and O–H groups in total. The highest BCUT2D eigenvalue weighted by molar-refractivity contribution is 7.92. The Kier molecular flexibility index (Phi) is 3.59. The fourth-order valence-corrected chi connectivity index (χ4v) is 2.68. The number of rotatable bonds is 4. The Morgan fingerprint density at radius 1 is 1.37 bits per heavy atom. The molecule has 1 heterocycles. The fraction of sp³-hybridized carbons (Fsp3) is 0.167. The Morgan fingerprint density at radius 3 is 2.68 bits per heavy atom. The summed E-state index contributed by atoms with van der Waals surface area (Å²) in [5.41, 5.74) is 6.61. The van der Waals surface area contributed by atoms with E-state index in [0.717, 1.165) is 0 Å². The second-order valence-corrected chi connectivity index (χ2v) is 5.84. The van der Waals surface area contributed by atoms with Crippen molar-refractivity contribution >= 4 is 15.7 Å². The molecule has 7 heteroatoms. The molecule has 0 saturated carbocycles. The summed E-state index contributed by atoms with van der Waals surface area (Å²) in [6.45, 7) is 1.93. The molecule has 19 heavy (non-hydrogen) atoms. The van der Waals surface area contributed by atoms with Gasteiger partial charge >= 0.3 is 0 Å². The normalized spacial score (nSPS) is 11.5. The Labute approximate surface area is 110 Å². The van der Waals surface area contributed by atoms with Crippen molar-refractivity contribution in [3.63, 3.8) is 0 Å². The molecular weight excluding hydrogens is 269 g/mol. The Morgan fingerprint density at radius 2 is 2.11 bits per heavy atom. The van der Waals surface area contributed by atoms with Gasteiger partial charge in [0, 0.05) is 18.4 Å². The number of hydrogen-bond donors (Lipinski definition) is 3. The number of aryl methyl sites for hydroxylation is 1. The van der Waals surface area contributed by atoms with E-state index in [9.17, 15) is 12.8 Å². The lowest BCUT2D eigenvalue weighted by atomic mass is 10.2. The van der Waals surface area contributed by atoms with E-state index in [1.807, 2.05) is 0 Å². The third-order valence-electron chi connectivity index (χ3n) is 2.62. The van der Waals surface area contributed by atoms with Gasteiger partial charge in [0.15, 0.2) is 0 Å². The van der Waals surface area contributed by atoms with Crippen molar-refractivity contribution in [3.8, 4) is 0 Å². The second kappa shape index (κ2) is 5.02. The van der Waals surface area contributed by atoms with Crippen LogP contribution in [0.1, 0.15) is 11.3 Å². The van der Waals surface area contributed by atoms with E-state index in [1.165, 1.54) is 24.4 Å². The van der Waals surface area contributed by atoms with Gasteiger partial charge in [-0.05, 0) is 30.7 Å². The van der Waals surface area contributed by atoms with E-state index >= 15 is 0 Å². The third kappa shape index (κ3) is 2.94.